The van der Waals surface area contributed by atoms with E-state index in [1.807, 2.05) is 0 Å². The van der Waals surface area contributed by atoms with Crippen LogP contribution in [0.3, 0.4) is 0 Å². The molecule has 0 radical (unpaired) electrons. The molecule has 3 rings (SSSR count). The molecule has 1 heterocycles. The van der Waals surface area contributed by atoms with Gasteiger partial charge in [-0.15, -0.1) is 0 Å². The van der Waals surface area contributed by atoms with Crippen molar-refractivity contribution >= 4 is 40.7 Å². The fraction of sp³-hybridized carbons (Fsp3) is 0.200. The van der Waals surface area contributed by atoms with Crippen LogP contribution in [-0.4, -0.2) is 29.7 Å². The van der Waals surface area contributed by atoms with Crippen molar-refractivity contribution in [2.24, 2.45) is 0 Å². The first-order valence-electron chi connectivity index (χ1n) is 8.80. The Labute approximate surface area is 161 Å². The number of hydrogen-bond donors (Lipinski definition) is 4. The monoisotopic (exact) mass is 380 g/mol. The second-order valence-corrected chi connectivity index (χ2v) is 6.41. The summed E-state index contributed by atoms with van der Waals surface area (Å²) in [7, 11) is 0. The van der Waals surface area contributed by atoms with Gasteiger partial charge in [0.15, 0.2) is 0 Å². The smallest absolute Gasteiger partial charge is 0.254 e. The number of anilines is 3. The van der Waals surface area contributed by atoms with Gasteiger partial charge in [0.25, 0.3) is 5.91 Å². The van der Waals surface area contributed by atoms with Gasteiger partial charge in [0.1, 0.15) is 6.04 Å². The number of para-hydroxylation sites is 1. The third-order valence-electron chi connectivity index (χ3n) is 4.20. The van der Waals surface area contributed by atoms with E-state index in [-0.39, 0.29) is 36.5 Å². The molecule has 2 aromatic carbocycles. The molecule has 4 amide bonds. The lowest BCUT2D eigenvalue weighted by Crippen LogP contribution is -2.41. The van der Waals surface area contributed by atoms with E-state index < -0.39 is 6.04 Å². The van der Waals surface area contributed by atoms with E-state index in [2.05, 4.69) is 21.3 Å². The van der Waals surface area contributed by atoms with Crippen LogP contribution in [0.25, 0.3) is 0 Å². The van der Waals surface area contributed by atoms with E-state index in [0.717, 1.165) is 0 Å². The highest BCUT2D eigenvalue weighted by Crippen LogP contribution is 2.19. The summed E-state index contributed by atoms with van der Waals surface area (Å²) in [5.41, 5.74) is 2.04. The zero-order chi connectivity index (χ0) is 20.1. The molecule has 1 aliphatic rings. The Hall–Kier alpha value is -3.68. The third kappa shape index (κ3) is 4.73. The molecule has 0 saturated carbocycles. The van der Waals surface area contributed by atoms with Crippen LogP contribution in [0, 0.1) is 0 Å². The van der Waals surface area contributed by atoms with Crippen molar-refractivity contribution in [3.8, 4) is 0 Å². The van der Waals surface area contributed by atoms with Gasteiger partial charge in [0.2, 0.25) is 17.7 Å². The first-order chi connectivity index (χ1) is 13.4. The SMILES string of the molecule is CC(=O)Nc1ccc(NC(=O)CC[C@@H]2NC(=O)c3ccccc3NC2=O)cc1. The second kappa shape index (κ2) is 8.34. The van der Waals surface area contributed by atoms with Crippen molar-refractivity contribution in [2.45, 2.75) is 25.8 Å². The Bertz CT molecular complexity index is 924. The molecule has 2 aromatic rings. The predicted molar refractivity (Wildman–Crippen MR) is 105 cm³/mol. The van der Waals surface area contributed by atoms with Crippen LogP contribution in [0.4, 0.5) is 17.1 Å². The van der Waals surface area contributed by atoms with E-state index in [9.17, 15) is 19.2 Å². The molecule has 0 unspecified atom stereocenters. The highest BCUT2D eigenvalue weighted by Gasteiger charge is 2.27. The Balaban J connectivity index is 1.55. The largest absolute Gasteiger partial charge is 0.340 e. The summed E-state index contributed by atoms with van der Waals surface area (Å²) in [4.78, 5) is 47.8. The molecule has 1 aliphatic heterocycles. The van der Waals surface area contributed by atoms with Gasteiger partial charge in [-0.3, -0.25) is 19.2 Å². The molecule has 0 fully saturated rings. The lowest BCUT2D eigenvalue weighted by atomic mass is 10.1. The summed E-state index contributed by atoms with van der Waals surface area (Å²) in [6.07, 6.45) is 0.226. The minimum Gasteiger partial charge on any atom is -0.340 e. The molecule has 1 atom stereocenters. The van der Waals surface area contributed by atoms with Crippen molar-refractivity contribution < 1.29 is 19.2 Å². The highest BCUT2D eigenvalue weighted by molar-refractivity contribution is 6.10. The van der Waals surface area contributed by atoms with Crippen LogP contribution < -0.4 is 21.3 Å². The van der Waals surface area contributed by atoms with Crippen LogP contribution in [0.15, 0.2) is 48.5 Å². The van der Waals surface area contributed by atoms with Crippen molar-refractivity contribution in [3.05, 3.63) is 54.1 Å². The van der Waals surface area contributed by atoms with E-state index in [1.165, 1.54) is 6.92 Å². The van der Waals surface area contributed by atoms with Crippen molar-refractivity contribution in [1.82, 2.24) is 5.32 Å². The summed E-state index contributed by atoms with van der Waals surface area (Å²) in [6.45, 7) is 1.41. The molecule has 8 heteroatoms. The molecule has 28 heavy (non-hydrogen) atoms. The van der Waals surface area contributed by atoms with Crippen LogP contribution in [0.2, 0.25) is 0 Å². The standard InChI is InChI=1S/C20H20N4O4/c1-12(25)21-13-6-8-14(9-7-13)22-18(26)11-10-17-20(28)23-16-5-3-2-4-15(16)19(27)24-17/h2-9,17H,10-11H2,1H3,(H,21,25)(H,22,26)(H,23,28)(H,24,27)/t17-/m0/s1. The number of amides is 4. The maximum atomic E-state index is 12.3. The van der Waals surface area contributed by atoms with Crippen molar-refractivity contribution in [3.63, 3.8) is 0 Å². The topological polar surface area (TPSA) is 116 Å². The van der Waals surface area contributed by atoms with E-state index in [1.54, 1.807) is 48.5 Å². The average Bonchev–Trinajstić information content (AvgIpc) is 2.77. The number of rotatable bonds is 5. The van der Waals surface area contributed by atoms with E-state index >= 15 is 0 Å². The van der Waals surface area contributed by atoms with Crippen molar-refractivity contribution in [2.75, 3.05) is 16.0 Å². The fourth-order valence-corrected chi connectivity index (χ4v) is 2.85. The second-order valence-electron chi connectivity index (χ2n) is 6.41. The van der Waals surface area contributed by atoms with Gasteiger partial charge in [0.05, 0.1) is 11.3 Å². The molecule has 0 spiro atoms. The highest BCUT2D eigenvalue weighted by atomic mass is 16.2. The molecule has 4 N–H and O–H groups in total. The molecule has 0 saturated heterocycles. The van der Waals surface area contributed by atoms with Crippen LogP contribution in [0.1, 0.15) is 30.1 Å². The summed E-state index contributed by atoms with van der Waals surface area (Å²) in [5, 5.41) is 10.7. The number of fused-ring (bicyclic) bond motifs is 1. The van der Waals surface area contributed by atoms with Gasteiger partial charge in [-0.2, -0.15) is 0 Å². The summed E-state index contributed by atoms with van der Waals surface area (Å²) in [5.74, 6) is -1.17. The molecule has 0 bridgehead atoms. The molecular weight excluding hydrogens is 360 g/mol. The lowest BCUT2D eigenvalue weighted by molar-refractivity contribution is -0.119. The fourth-order valence-electron chi connectivity index (χ4n) is 2.85. The summed E-state index contributed by atoms with van der Waals surface area (Å²) in [6, 6.07) is 12.6. The lowest BCUT2D eigenvalue weighted by Gasteiger charge is -2.14. The number of hydrogen-bond acceptors (Lipinski definition) is 4. The van der Waals surface area contributed by atoms with E-state index in [4.69, 9.17) is 0 Å². The normalized spacial score (nSPS) is 15.5. The van der Waals surface area contributed by atoms with E-state index in [0.29, 0.717) is 22.6 Å². The van der Waals surface area contributed by atoms with Crippen LogP contribution >= 0.6 is 0 Å². The Morgan fingerprint density at radius 3 is 2.29 bits per heavy atom. The number of carbonyl (C=O) groups excluding carboxylic acids is 4. The number of benzene rings is 2. The Morgan fingerprint density at radius 2 is 1.61 bits per heavy atom. The van der Waals surface area contributed by atoms with Gasteiger partial charge in [-0.1, -0.05) is 12.1 Å². The third-order valence-corrected chi connectivity index (χ3v) is 4.20. The predicted octanol–water partition coefficient (Wildman–Crippen LogP) is 2.11. The van der Waals surface area contributed by atoms with Gasteiger partial charge in [-0.05, 0) is 42.8 Å². The van der Waals surface area contributed by atoms with Gasteiger partial charge >= 0.3 is 0 Å². The number of carbonyl (C=O) groups is 4. The van der Waals surface area contributed by atoms with Gasteiger partial charge in [0, 0.05) is 24.7 Å². The quantitative estimate of drug-likeness (QED) is 0.636. The zero-order valence-corrected chi connectivity index (χ0v) is 15.2. The Kier molecular flexibility index (Phi) is 5.69. The molecular formula is C20H20N4O4. The van der Waals surface area contributed by atoms with Crippen molar-refractivity contribution in [1.29, 1.82) is 0 Å². The summed E-state index contributed by atoms with van der Waals surface area (Å²) < 4.78 is 0. The summed E-state index contributed by atoms with van der Waals surface area (Å²) >= 11 is 0. The first-order valence-corrected chi connectivity index (χ1v) is 8.80. The first kappa shape index (κ1) is 19.1. The van der Waals surface area contributed by atoms with Crippen LogP contribution in [-0.2, 0) is 14.4 Å². The minimum absolute atomic E-state index is 0.0577. The molecule has 0 aromatic heterocycles. The maximum Gasteiger partial charge on any atom is 0.254 e. The molecule has 8 nitrogen and oxygen atoms in total. The average molecular weight is 380 g/mol. The Morgan fingerprint density at radius 1 is 0.964 bits per heavy atom. The molecule has 0 aliphatic carbocycles. The van der Waals surface area contributed by atoms with Crippen LogP contribution in [0.5, 0.6) is 0 Å². The molecule has 144 valence electrons. The minimum atomic E-state index is -0.798. The van der Waals surface area contributed by atoms with Gasteiger partial charge in [-0.25, -0.2) is 0 Å². The maximum absolute atomic E-state index is 12.3. The number of nitrogens with one attached hydrogen (secondary N) is 4. The zero-order valence-electron chi connectivity index (χ0n) is 15.2. The van der Waals surface area contributed by atoms with Gasteiger partial charge < -0.3 is 21.3 Å².